The number of hydrogen-bond donors (Lipinski definition) is 3. The van der Waals surface area contributed by atoms with Crippen LogP contribution in [0.25, 0.3) is 0 Å². The summed E-state index contributed by atoms with van der Waals surface area (Å²) in [5, 5.41) is 14.9. The van der Waals surface area contributed by atoms with Crippen LogP contribution in [0.15, 0.2) is 30.3 Å². The predicted octanol–water partition coefficient (Wildman–Crippen LogP) is 2.74. The molecular formula is C25H38N2O7. The van der Waals surface area contributed by atoms with Crippen LogP contribution in [0.1, 0.15) is 59.9 Å². The van der Waals surface area contributed by atoms with Crippen molar-refractivity contribution in [3.05, 3.63) is 35.9 Å². The number of aliphatic hydroxyl groups is 1. The highest BCUT2D eigenvalue weighted by molar-refractivity contribution is 5.91. The molecule has 1 rings (SSSR count). The van der Waals surface area contributed by atoms with Crippen LogP contribution in [-0.4, -0.2) is 53.7 Å². The maximum atomic E-state index is 13.3. The van der Waals surface area contributed by atoms with Gasteiger partial charge in [-0.3, -0.25) is 9.59 Å². The van der Waals surface area contributed by atoms with Crippen molar-refractivity contribution in [1.29, 1.82) is 0 Å². The van der Waals surface area contributed by atoms with Crippen LogP contribution in [0, 0.1) is 11.3 Å². The van der Waals surface area contributed by atoms with Crippen LogP contribution in [-0.2, 0) is 30.5 Å². The van der Waals surface area contributed by atoms with Crippen LogP contribution in [0.5, 0.6) is 0 Å². The minimum absolute atomic E-state index is 0.0203. The maximum absolute atomic E-state index is 13.3. The Bertz CT molecular complexity index is 813. The molecule has 9 nitrogen and oxygen atoms in total. The normalized spacial score (nSPS) is 14.3. The Balaban J connectivity index is 3.19. The molecule has 1 aromatic carbocycles. The van der Waals surface area contributed by atoms with Crippen molar-refractivity contribution in [2.45, 2.75) is 78.7 Å². The fraction of sp³-hybridized carbons (Fsp3) is 0.600. The second-order valence-electron chi connectivity index (χ2n) is 10.2. The number of nitrogens with one attached hydrogen (secondary N) is 2. The number of benzene rings is 1. The van der Waals surface area contributed by atoms with Gasteiger partial charge in [-0.15, -0.1) is 0 Å². The molecule has 2 amide bonds. The highest BCUT2D eigenvalue weighted by Gasteiger charge is 2.39. The summed E-state index contributed by atoms with van der Waals surface area (Å²) in [6.07, 6.45) is -0.306. The van der Waals surface area contributed by atoms with Gasteiger partial charge in [0.1, 0.15) is 24.5 Å². The van der Waals surface area contributed by atoms with Gasteiger partial charge in [0.2, 0.25) is 5.91 Å². The molecule has 0 aliphatic carbocycles. The second-order valence-corrected chi connectivity index (χ2v) is 10.2. The average molecular weight is 479 g/mol. The average Bonchev–Trinajstić information content (AvgIpc) is 2.73. The van der Waals surface area contributed by atoms with E-state index < -0.39 is 47.0 Å². The predicted molar refractivity (Wildman–Crippen MR) is 127 cm³/mol. The first-order valence-corrected chi connectivity index (χ1v) is 11.3. The van der Waals surface area contributed by atoms with Gasteiger partial charge in [0.15, 0.2) is 0 Å². The molecule has 0 saturated carbocycles. The Kier molecular flexibility index (Phi) is 11.2. The summed E-state index contributed by atoms with van der Waals surface area (Å²) < 4.78 is 10.7. The van der Waals surface area contributed by atoms with Crippen molar-refractivity contribution in [1.82, 2.24) is 10.6 Å². The van der Waals surface area contributed by atoms with Gasteiger partial charge in [-0.2, -0.15) is 0 Å². The van der Waals surface area contributed by atoms with E-state index in [1.807, 2.05) is 26.8 Å². The first kappa shape index (κ1) is 29.1. The van der Waals surface area contributed by atoms with Crippen molar-refractivity contribution in [2.75, 3.05) is 6.61 Å². The molecule has 0 fully saturated rings. The Labute approximate surface area is 201 Å². The smallest absolute Gasteiger partial charge is 0.408 e. The zero-order chi connectivity index (χ0) is 25.9. The number of carbonyl (C=O) groups excluding carboxylic acids is 4. The summed E-state index contributed by atoms with van der Waals surface area (Å²) in [6, 6.07) is 6.97. The molecule has 0 aliphatic heterocycles. The third kappa shape index (κ3) is 10.3. The van der Waals surface area contributed by atoms with E-state index in [0.717, 1.165) is 5.56 Å². The molecule has 0 bridgehead atoms. The molecule has 0 aliphatic rings. The van der Waals surface area contributed by atoms with Crippen LogP contribution >= 0.6 is 0 Å². The molecule has 0 spiro atoms. The van der Waals surface area contributed by atoms with E-state index in [1.165, 1.54) is 0 Å². The highest BCUT2D eigenvalue weighted by atomic mass is 16.6. The Hall–Kier alpha value is -2.94. The molecular weight excluding hydrogens is 440 g/mol. The number of amides is 2. The molecule has 34 heavy (non-hydrogen) atoms. The van der Waals surface area contributed by atoms with Crippen LogP contribution in [0.2, 0.25) is 0 Å². The third-order valence-electron chi connectivity index (χ3n) is 5.02. The van der Waals surface area contributed by atoms with E-state index in [4.69, 9.17) is 9.47 Å². The fourth-order valence-corrected chi connectivity index (χ4v) is 3.08. The lowest BCUT2D eigenvalue weighted by Crippen LogP contribution is -2.58. The van der Waals surface area contributed by atoms with E-state index in [9.17, 15) is 24.3 Å². The Morgan fingerprint density at radius 1 is 1.03 bits per heavy atom. The summed E-state index contributed by atoms with van der Waals surface area (Å²) in [4.78, 5) is 49.9. The van der Waals surface area contributed by atoms with Gasteiger partial charge >= 0.3 is 12.1 Å². The van der Waals surface area contributed by atoms with Crippen molar-refractivity contribution < 1.29 is 33.8 Å². The van der Waals surface area contributed by atoms with E-state index in [0.29, 0.717) is 6.29 Å². The molecule has 0 unspecified atom stereocenters. The van der Waals surface area contributed by atoms with Gasteiger partial charge in [0, 0.05) is 6.42 Å². The van der Waals surface area contributed by atoms with Crippen LogP contribution < -0.4 is 10.6 Å². The number of hydrogen-bond acceptors (Lipinski definition) is 7. The first-order valence-electron chi connectivity index (χ1n) is 11.3. The quantitative estimate of drug-likeness (QED) is 0.329. The summed E-state index contributed by atoms with van der Waals surface area (Å²) in [7, 11) is 0. The summed E-state index contributed by atoms with van der Waals surface area (Å²) >= 11 is 0. The lowest BCUT2D eigenvalue weighted by molar-refractivity contribution is -0.153. The zero-order valence-corrected chi connectivity index (χ0v) is 20.9. The minimum Gasteiger partial charge on any atom is -0.461 e. The Morgan fingerprint density at radius 2 is 1.65 bits per heavy atom. The Morgan fingerprint density at radius 3 is 2.15 bits per heavy atom. The van der Waals surface area contributed by atoms with Gasteiger partial charge < -0.3 is 30.0 Å². The molecule has 3 N–H and O–H groups in total. The highest BCUT2D eigenvalue weighted by Crippen LogP contribution is 2.21. The number of ether oxygens (including phenoxy) is 2. The molecule has 190 valence electrons. The van der Waals surface area contributed by atoms with Gasteiger partial charge in [-0.1, -0.05) is 51.1 Å². The van der Waals surface area contributed by atoms with E-state index in [-0.39, 0.29) is 26.1 Å². The van der Waals surface area contributed by atoms with Crippen LogP contribution in [0.3, 0.4) is 0 Å². The standard InChI is InChI=1S/C25H38N2O7/c1-24(2,3)19(15-29)26-21(30)20(27-23(32)34-25(4,5)6)18(13-10-14-28)22(31)33-16-17-11-8-7-9-12-17/h7-9,11-12,14,18-20,29H,10,13,15-16H2,1-6H3,(H,26,30)(H,27,32)/t18-,19+,20+/m0/s1. The van der Waals surface area contributed by atoms with Crippen molar-refractivity contribution in [2.24, 2.45) is 11.3 Å². The maximum Gasteiger partial charge on any atom is 0.408 e. The summed E-state index contributed by atoms with van der Waals surface area (Å²) in [5.41, 5.74) is -0.581. The molecule has 0 aromatic heterocycles. The largest absolute Gasteiger partial charge is 0.461 e. The lowest BCUT2D eigenvalue weighted by atomic mass is 9.86. The fourth-order valence-electron chi connectivity index (χ4n) is 3.08. The SMILES string of the molecule is CC(C)(C)OC(=O)N[C@@H](C(=O)N[C@H](CO)C(C)(C)C)[C@H](CCC=O)C(=O)OCc1ccccc1. The minimum atomic E-state index is -1.38. The van der Waals surface area contributed by atoms with Crippen molar-refractivity contribution in [3.63, 3.8) is 0 Å². The second kappa shape index (κ2) is 13.1. The van der Waals surface area contributed by atoms with E-state index in [2.05, 4.69) is 10.6 Å². The number of rotatable bonds is 11. The van der Waals surface area contributed by atoms with Crippen LogP contribution in [0.4, 0.5) is 4.79 Å². The van der Waals surface area contributed by atoms with E-state index in [1.54, 1.807) is 45.0 Å². The van der Waals surface area contributed by atoms with Gasteiger partial charge in [0.05, 0.1) is 18.6 Å². The molecule has 1 aromatic rings. The number of carbonyl (C=O) groups is 4. The van der Waals surface area contributed by atoms with Crippen molar-refractivity contribution >= 4 is 24.3 Å². The van der Waals surface area contributed by atoms with Gasteiger partial charge in [-0.25, -0.2) is 4.79 Å². The summed E-state index contributed by atoms with van der Waals surface area (Å²) in [6.45, 7) is 10.1. The number of alkyl carbamates (subject to hydrolysis) is 1. The van der Waals surface area contributed by atoms with E-state index >= 15 is 0 Å². The molecule has 3 atom stereocenters. The number of aliphatic hydroxyl groups excluding tert-OH is 1. The number of aldehydes is 1. The molecule has 9 heteroatoms. The number of esters is 1. The molecule has 0 radical (unpaired) electrons. The van der Waals surface area contributed by atoms with Crippen molar-refractivity contribution in [3.8, 4) is 0 Å². The third-order valence-corrected chi connectivity index (χ3v) is 5.02. The lowest BCUT2D eigenvalue weighted by Gasteiger charge is -2.33. The molecule has 0 saturated heterocycles. The monoisotopic (exact) mass is 478 g/mol. The van der Waals surface area contributed by atoms with Gasteiger partial charge in [-0.05, 0) is 38.2 Å². The first-order chi connectivity index (χ1) is 15.8. The topological polar surface area (TPSA) is 131 Å². The van der Waals surface area contributed by atoms with Gasteiger partial charge in [0.25, 0.3) is 0 Å². The molecule has 0 heterocycles. The summed E-state index contributed by atoms with van der Waals surface area (Å²) in [5.74, 6) is -2.58. The zero-order valence-electron chi connectivity index (χ0n) is 20.9.